The number of carbonyl (C=O) groups excluding carboxylic acids is 2. The van der Waals surface area contributed by atoms with Crippen LogP contribution < -0.4 is 40.9 Å². The van der Waals surface area contributed by atoms with Crippen LogP contribution in [0.1, 0.15) is 90.7 Å². The third-order valence-electron chi connectivity index (χ3n) is 17.9. The second-order valence-corrected chi connectivity index (χ2v) is 25.9. The van der Waals surface area contributed by atoms with Gasteiger partial charge in [-0.3, -0.25) is 8.80 Å². The van der Waals surface area contributed by atoms with Gasteiger partial charge in [0.15, 0.2) is 10.3 Å². The molecule has 4 aliphatic heterocycles. The molecule has 0 atom stereocenters. The Kier molecular flexibility index (Phi) is 23.5. The number of fused-ring (bicyclic) bond motifs is 2. The minimum atomic E-state index is -0.342. The molecule has 4 saturated heterocycles. The van der Waals surface area contributed by atoms with E-state index in [4.69, 9.17) is 41.2 Å². The predicted octanol–water partition coefficient (Wildman–Crippen LogP) is 12.0. The molecular formula is C72H86F2N22O2S2. The van der Waals surface area contributed by atoms with Gasteiger partial charge in [0.25, 0.3) is 0 Å². The van der Waals surface area contributed by atoms with E-state index in [2.05, 4.69) is 57.1 Å². The van der Waals surface area contributed by atoms with Crippen LogP contribution >= 0.6 is 22.7 Å². The average Bonchev–Trinajstić information content (AvgIpc) is 1.62. The van der Waals surface area contributed by atoms with E-state index >= 15 is 0 Å². The molecule has 10 aromatic rings. The van der Waals surface area contributed by atoms with E-state index in [0.717, 1.165) is 108 Å². The Morgan fingerprint density at radius 3 is 1.22 bits per heavy atom. The number of nitriles is 2. The van der Waals surface area contributed by atoms with Crippen LogP contribution in [0.2, 0.25) is 0 Å². The number of rotatable bonds is 14. The number of imidazole rings is 2. The first-order valence-corrected chi connectivity index (χ1v) is 34.7. The lowest BCUT2D eigenvalue weighted by Gasteiger charge is -2.36. The molecular weight excluding hydrogens is 1310 g/mol. The zero-order valence-electron chi connectivity index (χ0n) is 56.4. The number of hydrogen-bond donors (Lipinski definition) is 4. The third kappa shape index (κ3) is 15.9. The normalized spacial score (nSPS) is 15.0. The van der Waals surface area contributed by atoms with Gasteiger partial charge in [-0.15, -0.1) is 0 Å². The molecule has 100 heavy (non-hydrogen) atoms. The molecule has 12 heterocycles. The number of carbonyl (C=O) groups is 2. The molecule has 0 aliphatic carbocycles. The Labute approximate surface area is 591 Å². The summed E-state index contributed by atoms with van der Waals surface area (Å²) in [7, 11) is 3.83. The number of anilines is 6. The van der Waals surface area contributed by atoms with E-state index in [1.165, 1.54) is 46.9 Å². The van der Waals surface area contributed by atoms with Gasteiger partial charge in [-0.1, -0.05) is 65.2 Å². The van der Waals surface area contributed by atoms with Crippen molar-refractivity contribution in [1.29, 1.82) is 10.5 Å². The average molecular weight is 1390 g/mol. The van der Waals surface area contributed by atoms with Gasteiger partial charge < -0.3 is 50.7 Å². The van der Waals surface area contributed by atoms with Gasteiger partial charge in [0, 0.05) is 150 Å². The second kappa shape index (κ2) is 33.1. The zero-order valence-corrected chi connectivity index (χ0v) is 57.1. The standard InChI is InChI=1S/2C34H36FN11OS.C2H6.2CH4/c2*1-3-27-31(43(2)34-42-30(28(18-36)48-34)22-4-7-25(35)8-5-22)46-21-23(6-9-29(46)41-27)24-19-38-32(39-20-24)44-14-16-45(17-15-44)33(47)40-26-10-12-37-13-11-26;1-2;;/h2*4-9,19-21,26,37H,3,10-17H2,1-2H3,(H,40,47);1-2H3;2*1H4/i;;1D;;. The fraction of sp³-hybridized carbons (Fsp3) is 0.389. The fourth-order valence-corrected chi connectivity index (χ4v) is 14.2. The smallest absolute Gasteiger partial charge is 0.317 e. The van der Waals surface area contributed by atoms with Gasteiger partial charge in [-0.2, -0.15) is 10.5 Å². The first-order chi connectivity index (χ1) is 48.2. The van der Waals surface area contributed by atoms with Crippen molar-refractivity contribution in [2.75, 3.05) is 112 Å². The summed E-state index contributed by atoms with van der Waals surface area (Å²) in [4.78, 5) is 76.5. The van der Waals surface area contributed by atoms with Crippen molar-refractivity contribution in [3.8, 4) is 56.9 Å². The second-order valence-electron chi connectivity index (χ2n) is 23.9. The third-order valence-corrected chi connectivity index (χ3v) is 19.9. The highest BCUT2D eigenvalue weighted by Crippen LogP contribution is 2.40. The van der Waals surface area contributed by atoms with Gasteiger partial charge in [-0.25, -0.2) is 58.2 Å². The molecule has 0 spiro atoms. The summed E-state index contributed by atoms with van der Waals surface area (Å²) in [5, 5.41) is 34.0. The molecule has 0 radical (unpaired) electrons. The van der Waals surface area contributed by atoms with Gasteiger partial charge in [0.05, 0.1) is 11.4 Å². The number of halogens is 2. The number of urea groups is 2. The van der Waals surface area contributed by atoms with Crippen molar-refractivity contribution < 1.29 is 19.7 Å². The summed E-state index contributed by atoms with van der Waals surface area (Å²) < 4.78 is 37.4. The molecule has 4 amide bonds. The molecule has 28 heteroatoms. The lowest BCUT2D eigenvalue weighted by Crippen LogP contribution is -2.54. The molecule has 0 unspecified atom stereocenters. The monoisotopic (exact) mass is 1390 g/mol. The summed E-state index contributed by atoms with van der Waals surface area (Å²) >= 11 is 2.57. The van der Waals surface area contributed by atoms with Crippen LogP contribution in [-0.2, 0) is 12.8 Å². The number of hydrogen-bond acceptors (Lipinski definition) is 20. The number of piperidine rings is 2. The van der Waals surface area contributed by atoms with Crippen molar-refractivity contribution in [2.24, 2.45) is 0 Å². The zero-order chi connectivity index (χ0) is 69.1. The SMILES string of the molecule is C.C.CCc1nc2ccc(-c3cnc(N4CCN(C(=O)NC5CCNCC5)CC4)nc3)cn2c1N(C)c1nc(-c2ccc(F)cc2)c(C#N)s1.CCc1nc2ccc(-c3cnc(N4CCN(C(=O)NC5CCNCC5)CC4)nc3)cn2c1N(C)c1nc(-c2ccc(F)cc2)c(C#N)s1.[2H]CC. The summed E-state index contributed by atoms with van der Waals surface area (Å²) in [6.07, 6.45) is 16.6. The molecule has 8 aromatic heterocycles. The molecule has 522 valence electrons. The highest BCUT2D eigenvalue weighted by atomic mass is 32.1. The highest BCUT2D eigenvalue weighted by Gasteiger charge is 2.29. The molecule has 0 saturated carbocycles. The maximum Gasteiger partial charge on any atom is 0.317 e. The summed E-state index contributed by atoms with van der Waals surface area (Å²) in [6.45, 7) is 15.3. The Bertz CT molecular complexity index is 4220. The van der Waals surface area contributed by atoms with Crippen LogP contribution in [-0.4, -0.2) is 175 Å². The lowest BCUT2D eigenvalue weighted by molar-refractivity contribution is 0.186. The first-order valence-electron chi connectivity index (χ1n) is 33.7. The Hall–Kier alpha value is -10.3. The van der Waals surface area contributed by atoms with Crippen LogP contribution in [0.4, 0.5) is 52.2 Å². The number of aryl methyl sites for hydroxylation is 2. The van der Waals surface area contributed by atoms with E-state index < -0.39 is 0 Å². The number of pyridine rings is 2. The molecule has 4 N–H and O–H groups in total. The lowest BCUT2D eigenvalue weighted by atomic mass is 10.1. The molecule has 2 aromatic carbocycles. The highest BCUT2D eigenvalue weighted by molar-refractivity contribution is 7.17. The van der Waals surface area contributed by atoms with E-state index in [-0.39, 0.29) is 50.6 Å². The van der Waals surface area contributed by atoms with Crippen LogP contribution in [0, 0.1) is 34.3 Å². The van der Waals surface area contributed by atoms with Crippen LogP contribution in [0.15, 0.2) is 110 Å². The fourth-order valence-electron chi connectivity index (χ4n) is 12.5. The summed E-state index contributed by atoms with van der Waals surface area (Å²) in [5.74, 6) is 2.29. The molecule has 14 rings (SSSR count). The van der Waals surface area contributed by atoms with E-state index in [0.29, 0.717) is 127 Å². The van der Waals surface area contributed by atoms with Crippen LogP contribution in [0.5, 0.6) is 0 Å². The Morgan fingerprint density at radius 1 is 0.550 bits per heavy atom. The van der Waals surface area contributed by atoms with Crippen molar-refractivity contribution in [3.05, 3.63) is 143 Å². The van der Waals surface area contributed by atoms with E-state index in [1.54, 1.807) is 31.2 Å². The summed E-state index contributed by atoms with van der Waals surface area (Å²) in [6, 6.07) is 25.0. The van der Waals surface area contributed by atoms with Crippen molar-refractivity contribution in [3.63, 3.8) is 0 Å². The Morgan fingerprint density at radius 2 is 0.890 bits per heavy atom. The minimum Gasteiger partial charge on any atom is -0.337 e. The number of nitrogens with zero attached hydrogens (tertiary/aromatic N) is 18. The maximum absolute atomic E-state index is 13.6. The number of thiazole rings is 2. The number of nitrogens with one attached hydrogen (secondary N) is 4. The van der Waals surface area contributed by atoms with Crippen LogP contribution in [0.3, 0.4) is 0 Å². The van der Waals surface area contributed by atoms with Crippen molar-refractivity contribution in [1.82, 2.24) is 79.7 Å². The molecule has 0 bridgehead atoms. The number of benzene rings is 2. The largest absolute Gasteiger partial charge is 0.337 e. The van der Waals surface area contributed by atoms with Crippen LogP contribution in [0.25, 0.3) is 56.1 Å². The molecule has 24 nitrogen and oxygen atoms in total. The van der Waals surface area contributed by atoms with Crippen molar-refractivity contribution in [2.45, 2.75) is 93.1 Å². The van der Waals surface area contributed by atoms with Gasteiger partial charge in [0.2, 0.25) is 11.9 Å². The maximum atomic E-state index is 13.6. The van der Waals surface area contributed by atoms with Gasteiger partial charge in [-0.05, 0) is 138 Å². The quantitative estimate of drug-likeness (QED) is 0.0788. The first kappa shape index (κ1) is 71.0. The van der Waals surface area contributed by atoms with Gasteiger partial charge >= 0.3 is 12.1 Å². The summed E-state index contributed by atoms with van der Waals surface area (Å²) in [5.41, 5.74) is 9.34. The number of aromatic nitrogens is 10. The van der Waals surface area contributed by atoms with E-state index in [9.17, 15) is 28.9 Å². The van der Waals surface area contributed by atoms with Gasteiger partial charge in [0.1, 0.15) is 67.8 Å². The molecule has 4 aliphatic rings. The predicted molar refractivity (Wildman–Crippen MR) is 393 cm³/mol. The number of piperazine rings is 2. The topological polar surface area (TPSA) is 261 Å². The van der Waals surface area contributed by atoms with Crippen molar-refractivity contribution >= 4 is 79.8 Å². The Balaban J connectivity index is 0.000000206. The minimum absolute atomic E-state index is 0. The van der Waals surface area contributed by atoms with E-state index in [1.807, 2.05) is 104 Å². The molecule has 4 fully saturated rings. The number of amides is 4.